The van der Waals surface area contributed by atoms with E-state index in [0.717, 1.165) is 67.3 Å². The Kier molecular flexibility index (Phi) is 9.03. The number of aromatic nitrogens is 2. The van der Waals surface area contributed by atoms with E-state index in [2.05, 4.69) is 20.6 Å². The van der Waals surface area contributed by atoms with Crippen molar-refractivity contribution < 1.29 is 29.4 Å². The summed E-state index contributed by atoms with van der Waals surface area (Å²) in [5.41, 5.74) is 12.4. The van der Waals surface area contributed by atoms with Gasteiger partial charge >= 0.3 is 11.9 Å². The van der Waals surface area contributed by atoms with Crippen LogP contribution in [0, 0.1) is 13.8 Å². The molecule has 0 spiro atoms. The summed E-state index contributed by atoms with van der Waals surface area (Å²) in [7, 11) is 0. The minimum Gasteiger partial charge on any atom is -0.481 e. The maximum Gasteiger partial charge on any atom is 0.303 e. The van der Waals surface area contributed by atoms with Gasteiger partial charge in [-0.3, -0.25) is 19.2 Å². The van der Waals surface area contributed by atoms with Gasteiger partial charge in [0.1, 0.15) is 0 Å². The number of carbonyl (C=O) groups excluding carboxylic acids is 2. The smallest absolute Gasteiger partial charge is 0.303 e. The molecule has 44 heavy (non-hydrogen) atoms. The zero-order valence-electron chi connectivity index (χ0n) is 26.5. The third-order valence-corrected chi connectivity index (χ3v) is 8.70. The topological polar surface area (TPSA) is 164 Å². The molecular weight excluding hydrogens is 560 g/mol. The average Bonchev–Trinajstić information content (AvgIpc) is 3.58. The lowest BCUT2D eigenvalue weighted by molar-refractivity contribution is -0.138. The number of carboxylic acids is 2. The van der Waals surface area contributed by atoms with Crippen molar-refractivity contribution in [3.8, 4) is 0 Å². The molecule has 0 fully saturated rings. The van der Waals surface area contributed by atoms with Gasteiger partial charge in [0.15, 0.2) is 0 Å². The van der Waals surface area contributed by atoms with E-state index in [1.54, 1.807) is 13.8 Å². The van der Waals surface area contributed by atoms with Gasteiger partial charge in [0.2, 0.25) is 0 Å². The van der Waals surface area contributed by atoms with Crippen LogP contribution in [0.4, 0.5) is 0 Å². The number of aliphatic carboxylic acids is 2. The quantitative estimate of drug-likeness (QED) is 0.212. The first-order valence-corrected chi connectivity index (χ1v) is 14.6. The van der Waals surface area contributed by atoms with E-state index in [9.17, 15) is 29.4 Å². The van der Waals surface area contributed by atoms with Crippen molar-refractivity contribution in [2.75, 3.05) is 0 Å². The molecule has 0 bridgehead atoms. The molecule has 0 aromatic carbocycles. The number of hydrogen-bond donors (Lipinski definition) is 6. The maximum absolute atomic E-state index is 12.3. The third-order valence-electron chi connectivity index (χ3n) is 8.70. The predicted octanol–water partition coefficient (Wildman–Crippen LogP) is 5.45. The monoisotopic (exact) mass is 600 g/mol. The molecule has 0 atom stereocenters. The van der Waals surface area contributed by atoms with Gasteiger partial charge in [0.05, 0.1) is 11.4 Å². The second-order valence-electron chi connectivity index (χ2n) is 11.7. The SMILES string of the molecule is CC(C)=C(c1[nH]c(/C=C2\NC(=O)C(C)=C2C)c(C)c1CCC(=O)O)c1[nH]c(/C=C2/NC(=O)C(C)=C2C)c(C)c1CCC(=O)O. The fourth-order valence-corrected chi connectivity index (χ4v) is 5.68. The molecule has 0 saturated heterocycles. The molecule has 6 N–H and O–H groups in total. The van der Waals surface area contributed by atoms with E-state index in [4.69, 9.17) is 0 Å². The first-order valence-electron chi connectivity index (χ1n) is 14.6. The van der Waals surface area contributed by atoms with Gasteiger partial charge in [0.25, 0.3) is 11.8 Å². The number of allylic oxidation sites excluding steroid dienone is 3. The summed E-state index contributed by atoms with van der Waals surface area (Å²) in [6, 6.07) is 0. The molecule has 10 nitrogen and oxygen atoms in total. The van der Waals surface area contributed by atoms with Gasteiger partial charge in [-0.15, -0.1) is 0 Å². The standard InChI is InChI=1S/C34H40N4O6/c1-15(2)30(31-22(9-11-28(39)40)20(7)26(35-31)13-24-16(3)18(5)33(43)37-24)32-23(10-12-29(41)42)21(8)27(36-32)14-25-17(4)19(6)34(44)38-25/h13-14,35-36H,9-12H2,1-8H3,(H,37,43)(H,38,44)(H,39,40)(H,41,42)/b24-13-,25-14+. The molecule has 4 heterocycles. The summed E-state index contributed by atoms with van der Waals surface area (Å²) < 4.78 is 0. The highest BCUT2D eigenvalue weighted by molar-refractivity contribution is 6.01. The first-order chi connectivity index (χ1) is 20.6. The van der Waals surface area contributed by atoms with Crippen LogP contribution in [0.2, 0.25) is 0 Å². The van der Waals surface area contributed by atoms with E-state index in [1.165, 1.54) is 0 Å². The maximum atomic E-state index is 12.3. The van der Waals surface area contributed by atoms with Crippen molar-refractivity contribution in [1.82, 2.24) is 20.6 Å². The second kappa shape index (κ2) is 12.4. The van der Waals surface area contributed by atoms with E-state index in [-0.39, 0.29) is 37.5 Å². The van der Waals surface area contributed by atoms with Crippen LogP contribution in [0.3, 0.4) is 0 Å². The summed E-state index contributed by atoms with van der Waals surface area (Å²) in [6.07, 6.45) is 4.12. The molecule has 2 aliphatic heterocycles. The molecule has 10 heteroatoms. The highest BCUT2D eigenvalue weighted by atomic mass is 16.4. The number of carbonyl (C=O) groups is 4. The zero-order chi connectivity index (χ0) is 32.6. The first kappa shape index (κ1) is 32.1. The van der Waals surface area contributed by atoms with Gasteiger partial charge in [0, 0.05) is 52.3 Å². The molecule has 0 saturated carbocycles. The minimum absolute atomic E-state index is 0.0792. The Morgan fingerprint density at radius 1 is 0.636 bits per heavy atom. The van der Waals surface area contributed by atoms with Crippen LogP contribution in [0.25, 0.3) is 17.7 Å². The van der Waals surface area contributed by atoms with E-state index < -0.39 is 11.9 Å². The molecule has 232 valence electrons. The second-order valence-corrected chi connectivity index (χ2v) is 11.7. The zero-order valence-corrected chi connectivity index (χ0v) is 26.5. The highest BCUT2D eigenvalue weighted by Crippen LogP contribution is 2.38. The highest BCUT2D eigenvalue weighted by Gasteiger charge is 2.27. The average molecular weight is 601 g/mol. The van der Waals surface area contributed by atoms with Crippen LogP contribution < -0.4 is 10.6 Å². The summed E-state index contributed by atoms with van der Waals surface area (Å²) in [5.74, 6) is -2.15. The number of hydrogen-bond acceptors (Lipinski definition) is 4. The normalized spacial score (nSPS) is 16.8. The minimum atomic E-state index is -0.920. The van der Waals surface area contributed by atoms with Crippen LogP contribution in [0.15, 0.2) is 39.3 Å². The molecule has 0 aliphatic carbocycles. The van der Waals surface area contributed by atoms with Gasteiger partial charge < -0.3 is 30.8 Å². The van der Waals surface area contributed by atoms with Crippen molar-refractivity contribution in [1.29, 1.82) is 0 Å². The molecule has 0 unspecified atom stereocenters. The summed E-state index contributed by atoms with van der Waals surface area (Å²) in [4.78, 5) is 55.0. The Hall–Kier alpha value is -4.86. The van der Waals surface area contributed by atoms with Crippen molar-refractivity contribution in [2.45, 2.75) is 81.1 Å². The molecular formula is C34H40N4O6. The molecule has 2 aromatic rings. The van der Waals surface area contributed by atoms with Crippen LogP contribution in [-0.2, 0) is 32.0 Å². The summed E-state index contributed by atoms with van der Waals surface area (Å²) in [5, 5.41) is 24.9. The Morgan fingerprint density at radius 2 is 1.00 bits per heavy atom. The number of amides is 2. The van der Waals surface area contributed by atoms with Crippen molar-refractivity contribution in [3.63, 3.8) is 0 Å². The molecule has 2 aromatic heterocycles. The third kappa shape index (κ3) is 6.10. The fraction of sp³-hybridized carbons (Fsp3) is 0.353. The fourth-order valence-electron chi connectivity index (χ4n) is 5.68. The molecule has 2 amide bonds. The van der Waals surface area contributed by atoms with Crippen LogP contribution in [-0.4, -0.2) is 43.9 Å². The number of rotatable bonds is 10. The van der Waals surface area contributed by atoms with Crippen molar-refractivity contribution >= 4 is 41.5 Å². The van der Waals surface area contributed by atoms with Crippen molar-refractivity contribution in [2.24, 2.45) is 0 Å². The summed E-state index contributed by atoms with van der Waals surface area (Å²) in [6.45, 7) is 15.1. The van der Waals surface area contributed by atoms with Crippen LogP contribution in [0.5, 0.6) is 0 Å². The lowest BCUT2D eigenvalue weighted by Gasteiger charge is -2.14. The Morgan fingerprint density at radius 3 is 1.27 bits per heavy atom. The Bertz CT molecular complexity index is 1640. The number of nitrogens with one attached hydrogen (secondary N) is 4. The van der Waals surface area contributed by atoms with Gasteiger partial charge in [-0.1, -0.05) is 5.57 Å². The number of aromatic amines is 2. The van der Waals surface area contributed by atoms with Gasteiger partial charge in [-0.05, 0) is 114 Å². The predicted molar refractivity (Wildman–Crippen MR) is 169 cm³/mol. The largest absolute Gasteiger partial charge is 0.481 e. The lowest BCUT2D eigenvalue weighted by Crippen LogP contribution is -2.15. The Labute approximate surface area is 256 Å². The number of H-pyrrole nitrogens is 2. The lowest BCUT2D eigenvalue weighted by atomic mass is 9.92. The molecule has 2 aliphatic rings. The molecule has 4 rings (SSSR count). The van der Waals surface area contributed by atoms with Gasteiger partial charge in [-0.2, -0.15) is 0 Å². The van der Waals surface area contributed by atoms with E-state index in [0.29, 0.717) is 22.5 Å². The van der Waals surface area contributed by atoms with Crippen LogP contribution >= 0.6 is 0 Å². The van der Waals surface area contributed by atoms with Crippen LogP contribution in [0.1, 0.15) is 99.4 Å². The molecule has 0 radical (unpaired) electrons. The number of carboxylic acid groups (broad SMARTS) is 2. The van der Waals surface area contributed by atoms with Gasteiger partial charge in [-0.25, -0.2) is 0 Å². The Balaban J connectivity index is 1.95. The van der Waals surface area contributed by atoms with Crippen molar-refractivity contribution in [3.05, 3.63) is 84.3 Å². The van der Waals surface area contributed by atoms with E-state index in [1.807, 2.05) is 53.7 Å². The summed E-state index contributed by atoms with van der Waals surface area (Å²) >= 11 is 0. The van der Waals surface area contributed by atoms with E-state index >= 15 is 0 Å².